The molecule has 0 atom stereocenters. The number of aromatic nitrogens is 9. The molecule has 0 aliphatic carbocycles. The number of rotatable bonds is 6. The quantitative estimate of drug-likeness (QED) is 0.287. The Kier molecular flexibility index (Phi) is 5.59. The summed E-state index contributed by atoms with van der Waals surface area (Å²) in [6.07, 6.45) is 9.03. The second-order valence-corrected chi connectivity index (χ2v) is 9.37. The lowest BCUT2D eigenvalue weighted by Gasteiger charge is -2.07. The van der Waals surface area contributed by atoms with Gasteiger partial charge in [0.15, 0.2) is 17.2 Å². The fourth-order valence-corrected chi connectivity index (χ4v) is 4.63. The fraction of sp³-hybridized carbons (Fsp3) is 0.0690. The summed E-state index contributed by atoms with van der Waals surface area (Å²) >= 11 is 0. The Balaban J connectivity index is 1.21. The molecule has 7 rings (SSSR count). The summed E-state index contributed by atoms with van der Waals surface area (Å²) in [4.78, 5) is 38.7. The van der Waals surface area contributed by atoms with Crippen LogP contribution in [-0.4, -0.2) is 50.6 Å². The van der Waals surface area contributed by atoms with Crippen molar-refractivity contribution in [2.24, 2.45) is 0 Å². The van der Waals surface area contributed by atoms with Crippen molar-refractivity contribution in [1.29, 1.82) is 0 Å². The van der Waals surface area contributed by atoms with Gasteiger partial charge in [0.25, 0.3) is 0 Å². The zero-order valence-electron chi connectivity index (χ0n) is 21.3. The highest BCUT2D eigenvalue weighted by Crippen LogP contribution is 2.29. The maximum absolute atomic E-state index is 12.6. The monoisotopic (exact) mass is 526 g/mol. The normalized spacial score (nSPS) is 11.3. The Morgan fingerprint density at radius 2 is 1.90 bits per heavy atom. The third kappa shape index (κ3) is 4.35. The fourth-order valence-electron chi connectivity index (χ4n) is 4.63. The Hall–Kier alpha value is -5.71. The molecule has 11 nitrogen and oxygen atoms in total. The summed E-state index contributed by atoms with van der Waals surface area (Å²) in [5.41, 5.74) is 8.07. The Morgan fingerprint density at radius 3 is 2.75 bits per heavy atom. The van der Waals surface area contributed by atoms with Gasteiger partial charge in [-0.05, 0) is 36.8 Å². The minimum absolute atomic E-state index is 0.116. The van der Waals surface area contributed by atoms with Gasteiger partial charge in [-0.3, -0.25) is 14.9 Å². The predicted molar refractivity (Wildman–Crippen MR) is 151 cm³/mol. The summed E-state index contributed by atoms with van der Waals surface area (Å²) in [6.45, 7) is 1.94. The Bertz CT molecular complexity index is 2000. The van der Waals surface area contributed by atoms with Crippen LogP contribution in [0.4, 0.5) is 5.69 Å². The number of amides is 1. The number of imidazole rings is 2. The van der Waals surface area contributed by atoms with Gasteiger partial charge in [-0.15, -0.1) is 0 Å². The average Bonchev–Trinajstić information content (AvgIpc) is 3.71. The van der Waals surface area contributed by atoms with E-state index < -0.39 is 0 Å². The number of benzene rings is 1. The summed E-state index contributed by atoms with van der Waals surface area (Å²) in [5.74, 6) is 0.428. The largest absolute Gasteiger partial charge is 0.324 e. The van der Waals surface area contributed by atoms with Crippen LogP contribution < -0.4 is 5.32 Å². The van der Waals surface area contributed by atoms with Crippen molar-refractivity contribution in [2.75, 3.05) is 5.32 Å². The highest BCUT2D eigenvalue weighted by atomic mass is 16.1. The first-order chi connectivity index (χ1) is 19.6. The molecule has 0 radical (unpaired) electrons. The number of fused-ring (bicyclic) bond motifs is 2. The second kappa shape index (κ2) is 9.55. The average molecular weight is 527 g/mol. The molecule has 0 fully saturated rings. The van der Waals surface area contributed by atoms with Crippen molar-refractivity contribution < 1.29 is 4.79 Å². The molecule has 11 heteroatoms. The van der Waals surface area contributed by atoms with Crippen LogP contribution in [0.3, 0.4) is 0 Å². The van der Waals surface area contributed by atoms with Crippen molar-refractivity contribution in [3.05, 3.63) is 97.0 Å². The number of nitrogens with zero attached hydrogens (tertiary/aromatic N) is 7. The van der Waals surface area contributed by atoms with E-state index in [1.807, 2.05) is 72.3 Å². The summed E-state index contributed by atoms with van der Waals surface area (Å²) in [5, 5.41) is 10.5. The molecule has 40 heavy (non-hydrogen) atoms. The number of aromatic amines is 2. The van der Waals surface area contributed by atoms with Crippen LogP contribution in [0.2, 0.25) is 0 Å². The van der Waals surface area contributed by atoms with Crippen LogP contribution in [0.15, 0.2) is 85.7 Å². The first-order valence-electron chi connectivity index (χ1n) is 12.6. The number of aryl methyl sites for hydroxylation is 1. The number of carbonyl (C=O) groups is 1. The molecule has 7 aromatic rings. The summed E-state index contributed by atoms with van der Waals surface area (Å²) in [7, 11) is 0. The molecule has 6 aromatic heterocycles. The van der Waals surface area contributed by atoms with E-state index in [0.29, 0.717) is 39.6 Å². The summed E-state index contributed by atoms with van der Waals surface area (Å²) < 4.78 is 1.92. The topological polar surface area (TPSA) is 143 Å². The Labute approximate surface area is 227 Å². The molecule has 0 bridgehead atoms. The lowest BCUT2D eigenvalue weighted by Crippen LogP contribution is -2.14. The van der Waals surface area contributed by atoms with Gasteiger partial charge >= 0.3 is 0 Å². The third-order valence-corrected chi connectivity index (χ3v) is 6.51. The number of carbonyl (C=O) groups excluding carboxylic acids is 1. The van der Waals surface area contributed by atoms with Crippen LogP contribution in [-0.2, 0) is 11.2 Å². The van der Waals surface area contributed by atoms with Crippen molar-refractivity contribution in [1.82, 2.24) is 44.7 Å². The van der Waals surface area contributed by atoms with Crippen molar-refractivity contribution in [3.63, 3.8) is 0 Å². The van der Waals surface area contributed by atoms with Gasteiger partial charge < -0.3 is 14.9 Å². The minimum Gasteiger partial charge on any atom is -0.324 e. The molecule has 6 heterocycles. The molecule has 194 valence electrons. The van der Waals surface area contributed by atoms with Gasteiger partial charge in [0.1, 0.15) is 11.0 Å². The maximum atomic E-state index is 12.6. The lowest BCUT2D eigenvalue weighted by molar-refractivity contribution is -0.115. The Morgan fingerprint density at radius 1 is 1.00 bits per heavy atom. The zero-order valence-corrected chi connectivity index (χ0v) is 21.3. The van der Waals surface area contributed by atoms with Gasteiger partial charge in [0, 0.05) is 24.2 Å². The maximum Gasteiger partial charge on any atom is 0.228 e. The molecule has 0 saturated carbocycles. The lowest BCUT2D eigenvalue weighted by atomic mass is 10.1. The van der Waals surface area contributed by atoms with E-state index in [4.69, 9.17) is 9.97 Å². The third-order valence-electron chi connectivity index (χ3n) is 6.51. The molecule has 1 amide bonds. The molecule has 0 aliphatic heterocycles. The van der Waals surface area contributed by atoms with Crippen molar-refractivity contribution in [3.8, 4) is 28.5 Å². The van der Waals surface area contributed by atoms with Crippen LogP contribution in [0.5, 0.6) is 0 Å². The van der Waals surface area contributed by atoms with Gasteiger partial charge in [0.2, 0.25) is 5.91 Å². The van der Waals surface area contributed by atoms with Crippen LogP contribution >= 0.6 is 0 Å². The molecule has 0 saturated heterocycles. The molecule has 0 aliphatic rings. The van der Waals surface area contributed by atoms with Gasteiger partial charge in [-0.1, -0.05) is 30.3 Å². The predicted octanol–water partition coefficient (Wildman–Crippen LogP) is 4.63. The van der Waals surface area contributed by atoms with Gasteiger partial charge in [-0.25, -0.2) is 19.9 Å². The van der Waals surface area contributed by atoms with Gasteiger partial charge in [0.05, 0.1) is 47.2 Å². The van der Waals surface area contributed by atoms with Crippen molar-refractivity contribution >= 4 is 33.8 Å². The molecular formula is C29H22N10O. The van der Waals surface area contributed by atoms with Crippen molar-refractivity contribution in [2.45, 2.75) is 13.3 Å². The first-order valence-corrected chi connectivity index (χ1v) is 12.6. The highest BCUT2D eigenvalue weighted by Gasteiger charge is 2.18. The summed E-state index contributed by atoms with van der Waals surface area (Å²) in [6, 6.07) is 17.2. The molecule has 0 unspecified atom stereocenters. The van der Waals surface area contributed by atoms with Crippen LogP contribution in [0, 0.1) is 6.92 Å². The number of anilines is 1. The zero-order chi connectivity index (χ0) is 27.1. The van der Waals surface area contributed by atoms with E-state index in [1.54, 1.807) is 24.9 Å². The number of nitrogens with one attached hydrogen (secondary N) is 3. The van der Waals surface area contributed by atoms with E-state index in [1.165, 1.54) is 0 Å². The van der Waals surface area contributed by atoms with E-state index in [0.717, 1.165) is 28.0 Å². The first kappa shape index (κ1) is 23.4. The SMILES string of the molecule is Cc1cn(-c2ccnc3[nH]c(-c4n[nH]c5ccc(-c6cncc(NC(=O)Cc7ccccc7)c6)nc45)nc23)cn1. The molecule has 1 aromatic carbocycles. The van der Waals surface area contributed by atoms with E-state index in [-0.39, 0.29) is 12.3 Å². The number of pyridine rings is 3. The second-order valence-electron chi connectivity index (χ2n) is 9.37. The standard InChI is InChI=1S/C29H22N10O/c1-17-15-39(16-32-17)23-9-10-31-28-26(23)35-29(36-28)27-25-22(37-38-27)8-7-21(34-25)19-12-20(14-30-13-19)33-24(40)11-18-5-3-2-4-6-18/h2-10,12-16H,11H2,1H3,(H,33,40)(H,37,38)(H,31,35,36). The highest BCUT2D eigenvalue weighted by molar-refractivity contribution is 5.94. The van der Waals surface area contributed by atoms with E-state index in [2.05, 4.69) is 35.5 Å². The number of H-pyrrole nitrogens is 2. The number of hydrogen-bond acceptors (Lipinski definition) is 7. The van der Waals surface area contributed by atoms with Gasteiger partial charge in [-0.2, -0.15) is 5.10 Å². The van der Waals surface area contributed by atoms with Crippen LogP contribution in [0.1, 0.15) is 11.3 Å². The minimum atomic E-state index is -0.116. The number of hydrogen-bond donors (Lipinski definition) is 3. The van der Waals surface area contributed by atoms with E-state index >= 15 is 0 Å². The smallest absolute Gasteiger partial charge is 0.228 e. The molecular weight excluding hydrogens is 504 g/mol. The molecule has 0 spiro atoms. The molecule has 3 N–H and O–H groups in total. The van der Waals surface area contributed by atoms with Crippen LogP contribution in [0.25, 0.3) is 50.7 Å². The van der Waals surface area contributed by atoms with E-state index in [9.17, 15) is 4.79 Å².